The predicted molar refractivity (Wildman–Crippen MR) is 133 cm³/mol. The first-order valence-electron chi connectivity index (χ1n) is 13.3. The van der Waals surface area contributed by atoms with Crippen LogP contribution in [0, 0.1) is 72.6 Å². The number of ether oxygens (including phenoxy) is 1. The normalized spacial score (nSPS) is 45.3. The van der Waals surface area contributed by atoms with Crippen molar-refractivity contribution >= 4 is 11.7 Å². The molecule has 1 radical (unpaired) electrons. The van der Waals surface area contributed by atoms with E-state index >= 15 is 0 Å². The van der Waals surface area contributed by atoms with E-state index in [-0.39, 0.29) is 69.1 Å². The quantitative estimate of drug-likeness (QED) is 0.113. The average molecular weight is 769 g/mol. The fraction of sp³-hybridized carbons (Fsp3) is 0.852. The Hall–Kier alpha value is 0.00156. The first-order valence-corrected chi connectivity index (χ1v) is 13.3. The molecule has 0 spiro atoms. The van der Waals surface area contributed by atoms with Crippen LogP contribution in [-0.2, 0) is 19.2 Å². The number of nitrogens with one attached hydrogen (secondary N) is 1. The third-order valence-corrected chi connectivity index (χ3v) is 10.8. The Balaban J connectivity index is 0.00000420. The number of hydrogen-bond acceptors (Lipinski definition) is 10. The van der Waals surface area contributed by atoms with Gasteiger partial charge in [-0.25, -0.2) is 4.89 Å². The van der Waals surface area contributed by atoms with E-state index in [1.165, 1.54) is 6.92 Å². The van der Waals surface area contributed by atoms with Crippen LogP contribution in [0.3, 0.4) is 0 Å². The van der Waals surface area contributed by atoms with Gasteiger partial charge in [0.05, 0.1) is 35.9 Å². The van der Waals surface area contributed by atoms with Crippen LogP contribution in [0.1, 0.15) is 61.3 Å². The second-order valence-corrected chi connectivity index (χ2v) is 12.9. The van der Waals surface area contributed by atoms with Crippen molar-refractivity contribution in [1.82, 2.24) is 5.32 Å². The summed E-state index contributed by atoms with van der Waals surface area (Å²) in [5.74, 6) is -3.71. The summed E-state index contributed by atoms with van der Waals surface area (Å²) >= 11 is 0. The van der Waals surface area contributed by atoms with Crippen molar-refractivity contribution in [2.24, 2.45) is 28.6 Å². The SMILES string of the molecule is CC(=O)NC(C)C(O)[C@H](OO)C1CC2(O)C(C)C3C4(O)COC4CC(O)[C@@]3(C)C(=O)C(O)C(=C1C)C2(C)C.[Ac]. The summed E-state index contributed by atoms with van der Waals surface area (Å²) in [5.41, 5.74) is -5.29. The van der Waals surface area contributed by atoms with Gasteiger partial charge in [0.25, 0.3) is 0 Å². The molecule has 2 bridgehead atoms. The summed E-state index contributed by atoms with van der Waals surface area (Å²) in [7, 11) is 0. The van der Waals surface area contributed by atoms with E-state index in [9.17, 15) is 40.4 Å². The van der Waals surface area contributed by atoms with E-state index in [2.05, 4.69) is 5.32 Å². The minimum absolute atomic E-state index is 0. The Morgan fingerprint density at radius 3 is 2.28 bits per heavy atom. The largest absolute Gasteiger partial charge is 0.392 e. The third kappa shape index (κ3) is 4.55. The molecule has 1 aliphatic heterocycles. The number of carbonyl (C=O) groups is 2. The van der Waals surface area contributed by atoms with E-state index in [1.807, 2.05) is 0 Å². The van der Waals surface area contributed by atoms with Crippen molar-refractivity contribution in [3.63, 3.8) is 0 Å². The molecule has 1 amide bonds. The van der Waals surface area contributed by atoms with E-state index in [1.54, 1.807) is 41.5 Å². The molecule has 1 saturated heterocycles. The molecule has 4 aliphatic rings. The molecule has 12 heteroatoms. The Morgan fingerprint density at radius 1 is 1.21 bits per heavy atom. The Labute approximate surface area is 264 Å². The first-order chi connectivity index (χ1) is 17.4. The van der Waals surface area contributed by atoms with Gasteiger partial charge in [0.15, 0.2) is 5.78 Å². The minimum atomic E-state index is -1.74. The fourth-order valence-corrected chi connectivity index (χ4v) is 8.49. The van der Waals surface area contributed by atoms with Gasteiger partial charge in [-0.05, 0) is 38.7 Å². The molecule has 3 fully saturated rings. The molecule has 3 aliphatic carbocycles. The van der Waals surface area contributed by atoms with Gasteiger partial charge in [-0.1, -0.05) is 26.3 Å². The smallest absolute Gasteiger partial charge is 0.217 e. The van der Waals surface area contributed by atoms with Crippen LogP contribution in [-0.4, -0.2) is 96.9 Å². The molecule has 0 aromatic heterocycles. The molecule has 2 saturated carbocycles. The standard InChI is InChI=1S/C27H43NO10.Ac/c1-11-15(21(38-36)19(31)13(3)28-14(4)29)9-27(35)12(2)22-25(7,16(30)8-17-26(22,34)10-37-17)23(33)20(32)18(11)24(27,5)6;/h12-13,15-17,19-22,30-32,34-36H,8-10H2,1-7H3,(H,28,29);/t12?,13?,15?,16?,17?,19?,20?,21-,22?,25-,26?,27?;/m1./s1. The zero-order valence-electron chi connectivity index (χ0n) is 23.7. The molecule has 4 rings (SSSR count). The number of aliphatic hydroxyl groups is 5. The number of carbonyl (C=O) groups excluding carboxylic acids is 2. The first kappa shape index (κ1) is 33.5. The number of aliphatic hydroxyl groups excluding tert-OH is 3. The Bertz CT molecular complexity index is 1040. The maximum absolute atomic E-state index is 14.1. The van der Waals surface area contributed by atoms with Crippen molar-refractivity contribution in [2.45, 2.75) is 109 Å². The van der Waals surface area contributed by atoms with Crippen LogP contribution in [0.5, 0.6) is 0 Å². The number of amides is 1. The summed E-state index contributed by atoms with van der Waals surface area (Å²) in [4.78, 5) is 30.5. The van der Waals surface area contributed by atoms with Crippen molar-refractivity contribution in [3.8, 4) is 0 Å². The summed E-state index contributed by atoms with van der Waals surface area (Å²) in [6.45, 7) is 11.1. The minimum Gasteiger partial charge on any atom is -0.392 e. The van der Waals surface area contributed by atoms with Gasteiger partial charge in [-0.3, -0.25) is 14.8 Å². The van der Waals surface area contributed by atoms with Crippen LogP contribution in [0.25, 0.3) is 0 Å². The summed E-state index contributed by atoms with van der Waals surface area (Å²) < 4.78 is 5.56. The number of ketones is 1. The molecule has 1 heterocycles. The van der Waals surface area contributed by atoms with Crippen LogP contribution < -0.4 is 5.32 Å². The third-order valence-electron chi connectivity index (χ3n) is 10.8. The van der Waals surface area contributed by atoms with Crippen LogP contribution >= 0.6 is 0 Å². The van der Waals surface area contributed by atoms with Gasteiger partial charge < -0.3 is 35.6 Å². The van der Waals surface area contributed by atoms with Gasteiger partial charge in [0, 0.05) is 74.7 Å². The predicted octanol–water partition coefficient (Wildman–Crippen LogP) is -0.0795. The monoisotopic (exact) mass is 768 g/mol. The summed E-state index contributed by atoms with van der Waals surface area (Å²) in [5, 5.41) is 70.8. The topological polar surface area (TPSA) is 186 Å². The fourth-order valence-electron chi connectivity index (χ4n) is 8.49. The van der Waals surface area contributed by atoms with Crippen molar-refractivity contribution < 1.29 is 94.1 Å². The van der Waals surface area contributed by atoms with Crippen LogP contribution in [0.15, 0.2) is 11.1 Å². The van der Waals surface area contributed by atoms with Crippen LogP contribution in [0.2, 0.25) is 0 Å². The maximum atomic E-state index is 14.1. The second kappa shape index (κ2) is 10.9. The van der Waals surface area contributed by atoms with Gasteiger partial charge in [-0.15, -0.1) is 0 Å². The number of rotatable bonds is 5. The number of fused-ring (bicyclic) bond motifs is 5. The molecule has 12 atom stereocenters. The number of Topliss-reactive ketones (excluding diaryl/α,β-unsaturated/α-hetero) is 1. The van der Waals surface area contributed by atoms with Gasteiger partial charge in [-0.2, -0.15) is 0 Å². The molecule has 7 N–H and O–H groups in total. The zero-order chi connectivity index (χ0) is 28.7. The molecular weight excluding hydrogens is 725 g/mol. The van der Waals surface area contributed by atoms with E-state index in [0.29, 0.717) is 5.57 Å². The Morgan fingerprint density at radius 2 is 1.79 bits per heavy atom. The molecule has 39 heavy (non-hydrogen) atoms. The van der Waals surface area contributed by atoms with Crippen molar-refractivity contribution in [2.75, 3.05) is 6.61 Å². The number of hydrogen-bond donors (Lipinski definition) is 7. The second-order valence-electron chi connectivity index (χ2n) is 12.9. The molecular formula is C27H43AcNO10. The zero-order valence-corrected chi connectivity index (χ0v) is 28.5. The van der Waals surface area contributed by atoms with Crippen molar-refractivity contribution in [3.05, 3.63) is 11.1 Å². The van der Waals surface area contributed by atoms with Gasteiger partial charge in [0.1, 0.15) is 23.9 Å². The summed E-state index contributed by atoms with van der Waals surface area (Å²) in [6.07, 6.45) is -6.45. The van der Waals surface area contributed by atoms with Crippen molar-refractivity contribution in [1.29, 1.82) is 0 Å². The molecule has 0 aromatic rings. The van der Waals surface area contributed by atoms with Gasteiger partial charge >= 0.3 is 0 Å². The van der Waals surface area contributed by atoms with Gasteiger partial charge in [0.2, 0.25) is 5.91 Å². The van der Waals surface area contributed by atoms with E-state index in [0.717, 1.165) is 0 Å². The molecule has 0 aromatic carbocycles. The van der Waals surface area contributed by atoms with E-state index in [4.69, 9.17) is 9.62 Å². The molecule has 11 nitrogen and oxygen atoms in total. The molecule has 10 unspecified atom stereocenters. The van der Waals surface area contributed by atoms with Crippen LogP contribution in [0.4, 0.5) is 0 Å². The average Bonchev–Trinajstić information content (AvgIpc) is 2.82. The maximum Gasteiger partial charge on any atom is 0.217 e. The molecule has 219 valence electrons. The van der Waals surface area contributed by atoms with E-state index < -0.39 is 88.0 Å². The Kier molecular flexibility index (Phi) is 9.39. The summed E-state index contributed by atoms with van der Waals surface area (Å²) in [6, 6.07) is -0.828.